The first kappa shape index (κ1) is 21.9. The number of aryl methyl sites for hydroxylation is 1. The molecule has 5 heteroatoms. The van der Waals surface area contributed by atoms with E-state index < -0.39 is 0 Å². The van der Waals surface area contributed by atoms with E-state index in [1.165, 1.54) is 0 Å². The van der Waals surface area contributed by atoms with Crippen LogP contribution in [0.4, 0.5) is 5.69 Å². The maximum absolute atomic E-state index is 12.6. The predicted octanol–water partition coefficient (Wildman–Crippen LogP) is 7.61. The summed E-state index contributed by atoms with van der Waals surface area (Å²) in [6.07, 6.45) is 3.36. The highest BCUT2D eigenvalue weighted by molar-refractivity contribution is 9.10. The monoisotopic (exact) mass is 489 g/mol. The quantitative estimate of drug-likeness (QED) is 0.283. The third-order valence-electron chi connectivity index (χ3n) is 5.22. The Hall–Kier alpha value is -3.31. The number of benzene rings is 3. The standard InChI is InChI=1S/C27H24BrNO3/c1-4-31-25-15-26-23(24(16-32-26)19-7-9-20(28)10-8-19)14-22(25)18(3)13-27(30)29-21-11-5-17(2)6-12-21/h5-16H,4H2,1-3H3,(H,29,30)/b18-13+. The summed E-state index contributed by atoms with van der Waals surface area (Å²) >= 11 is 3.48. The molecule has 4 nitrogen and oxygen atoms in total. The molecule has 0 spiro atoms. The van der Waals surface area contributed by atoms with E-state index in [1.807, 2.05) is 81.4 Å². The Morgan fingerprint density at radius 1 is 1.09 bits per heavy atom. The zero-order valence-corrected chi connectivity index (χ0v) is 19.8. The van der Waals surface area contributed by atoms with Crippen LogP contribution < -0.4 is 10.1 Å². The van der Waals surface area contributed by atoms with Crippen molar-refractivity contribution < 1.29 is 13.9 Å². The summed E-state index contributed by atoms with van der Waals surface area (Å²) in [7, 11) is 0. The molecule has 0 aliphatic carbocycles. The van der Waals surface area contributed by atoms with E-state index in [9.17, 15) is 4.79 Å². The summed E-state index contributed by atoms with van der Waals surface area (Å²) in [5.41, 5.74) is 6.37. The Bertz CT molecular complexity index is 1290. The number of anilines is 1. The molecule has 0 fully saturated rings. The Labute approximate surface area is 196 Å². The number of carbonyl (C=O) groups excluding carboxylic acids is 1. The van der Waals surface area contributed by atoms with Gasteiger partial charge < -0.3 is 14.5 Å². The van der Waals surface area contributed by atoms with E-state index in [1.54, 1.807) is 12.3 Å². The third-order valence-corrected chi connectivity index (χ3v) is 5.75. The summed E-state index contributed by atoms with van der Waals surface area (Å²) in [5, 5.41) is 3.89. The number of fused-ring (bicyclic) bond motifs is 1. The summed E-state index contributed by atoms with van der Waals surface area (Å²) < 4.78 is 12.7. The number of furan rings is 1. The van der Waals surface area contributed by atoms with Crippen LogP contribution in [-0.4, -0.2) is 12.5 Å². The summed E-state index contributed by atoms with van der Waals surface area (Å²) in [6, 6.07) is 19.7. The molecule has 0 saturated heterocycles. The minimum Gasteiger partial charge on any atom is -0.493 e. The number of ether oxygens (including phenoxy) is 1. The lowest BCUT2D eigenvalue weighted by Gasteiger charge is -2.12. The molecule has 0 bridgehead atoms. The van der Waals surface area contributed by atoms with Gasteiger partial charge in [-0.05, 0) is 62.2 Å². The molecule has 0 aliphatic heterocycles. The first-order valence-corrected chi connectivity index (χ1v) is 11.2. The maximum atomic E-state index is 12.6. The van der Waals surface area contributed by atoms with Crippen LogP contribution in [0.25, 0.3) is 27.7 Å². The largest absolute Gasteiger partial charge is 0.493 e. The van der Waals surface area contributed by atoms with Gasteiger partial charge in [0.25, 0.3) is 0 Å². The molecule has 0 saturated carbocycles. The van der Waals surface area contributed by atoms with Crippen LogP contribution in [0.15, 0.2) is 81.9 Å². The van der Waals surface area contributed by atoms with E-state index in [4.69, 9.17) is 9.15 Å². The lowest BCUT2D eigenvalue weighted by Crippen LogP contribution is -2.08. The number of carbonyl (C=O) groups is 1. The van der Waals surface area contributed by atoms with Crippen molar-refractivity contribution >= 4 is 44.1 Å². The fourth-order valence-corrected chi connectivity index (χ4v) is 3.85. The van der Waals surface area contributed by atoms with Gasteiger partial charge in [-0.15, -0.1) is 0 Å². The molecule has 4 aromatic rings. The van der Waals surface area contributed by atoms with Crippen molar-refractivity contribution in [3.8, 4) is 16.9 Å². The number of halogens is 1. The smallest absolute Gasteiger partial charge is 0.248 e. The predicted molar refractivity (Wildman–Crippen MR) is 134 cm³/mol. The maximum Gasteiger partial charge on any atom is 0.248 e. The molecule has 1 heterocycles. The van der Waals surface area contributed by atoms with E-state index in [0.29, 0.717) is 12.4 Å². The van der Waals surface area contributed by atoms with Crippen LogP contribution in [0.1, 0.15) is 25.0 Å². The summed E-state index contributed by atoms with van der Waals surface area (Å²) in [6.45, 7) is 6.38. The van der Waals surface area contributed by atoms with Crippen LogP contribution in [0.3, 0.4) is 0 Å². The average Bonchev–Trinajstić information content (AvgIpc) is 3.18. The van der Waals surface area contributed by atoms with Gasteiger partial charge in [0, 0.05) is 38.8 Å². The second kappa shape index (κ2) is 9.45. The van der Waals surface area contributed by atoms with Crippen LogP contribution in [0.2, 0.25) is 0 Å². The van der Waals surface area contributed by atoms with Gasteiger partial charge in [0.15, 0.2) is 0 Å². The van der Waals surface area contributed by atoms with Gasteiger partial charge >= 0.3 is 0 Å². The Morgan fingerprint density at radius 2 is 1.81 bits per heavy atom. The molecule has 162 valence electrons. The van der Waals surface area contributed by atoms with Crippen molar-refractivity contribution in [3.05, 3.63) is 88.6 Å². The molecule has 0 aliphatic rings. The van der Waals surface area contributed by atoms with Gasteiger partial charge in [-0.2, -0.15) is 0 Å². The number of rotatable bonds is 6. The van der Waals surface area contributed by atoms with Gasteiger partial charge in [-0.1, -0.05) is 45.8 Å². The highest BCUT2D eigenvalue weighted by Gasteiger charge is 2.15. The Kier molecular flexibility index (Phi) is 6.47. The molecule has 1 amide bonds. The highest BCUT2D eigenvalue weighted by Crippen LogP contribution is 2.37. The van der Waals surface area contributed by atoms with E-state index in [2.05, 4.69) is 21.2 Å². The molecule has 4 rings (SSSR count). The van der Waals surface area contributed by atoms with Crippen molar-refractivity contribution in [3.63, 3.8) is 0 Å². The van der Waals surface area contributed by atoms with E-state index >= 15 is 0 Å². The van der Waals surface area contributed by atoms with Crippen molar-refractivity contribution in [2.24, 2.45) is 0 Å². The van der Waals surface area contributed by atoms with E-state index in [-0.39, 0.29) is 5.91 Å². The zero-order valence-electron chi connectivity index (χ0n) is 18.2. The highest BCUT2D eigenvalue weighted by atomic mass is 79.9. The number of hydrogen-bond donors (Lipinski definition) is 1. The lowest BCUT2D eigenvalue weighted by atomic mass is 9.99. The molecule has 0 unspecified atom stereocenters. The molecule has 0 radical (unpaired) electrons. The van der Waals surface area contributed by atoms with Crippen molar-refractivity contribution in [2.75, 3.05) is 11.9 Å². The Balaban J connectivity index is 1.71. The van der Waals surface area contributed by atoms with Gasteiger partial charge in [0.05, 0.1) is 12.9 Å². The van der Waals surface area contributed by atoms with Crippen molar-refractivity contribution in [1.82, 2.24) is 0 Å². The van der Waals surface area contributed by atoms with Crippen LogP contribution >= 0.6 is 15.9 Å². The van der Waals surface area contributed by atoms with E-state index in [0.717, 1.165) is 49.0 Å². The van der Waals surface area contributed by atoms with Gasteiger partial charge in [0.2, 0.25) is 5.91 Å². The molecule has 1 N–H and O–H groups in total. The number of allylic oxidation sites excluding steroid dienone is 1. The van der Waals surface area contributed by atoms with Crippen LogP contribution in [0.5, 0.6) is 5.75 Å². The van der Waals surface area contributed by atoms with Crippen molar-refractivity contribution in [1.29, 1.82) is 0 Å². The average molecular weight is 490 g/mol. The van der Waals surface area contributed by atoms with Crippen LogP contribution in [-0.2, 0) is 4.79 Å². The van der Waals surface area contributed by atoms with Gasteiger partial charge in [0.1, 0.15) is 11.3 Å². The fourth-order valence-electron chi connectivity index (χ4n) is 3.58. The number of hydrogen-bond acceptors (Lipinski definition) is 3. The third kappa shape index (κ3) is 4.78. The second-order valence-electron chi connectivity index (χ2n) is 7.62. The SMILES string of the molecule is CCOc1cc2occ(-c3ccc(Br)cc3)c2cc1/C(C)=C/C(=O)Nc1ccc(C)cc1. The minimum atomic E-state index is -0.186. The second-order valence-corrected chi connectivity index (χ2v) is 8.53. The first-order valence-electron chi connectivity index (χ1n) is 10.4. The zero-order chi connectivity index (χ0) is 22.7. The minimum absolute atomic E-state index is 0.186. The topological polar surface area (TPSA) is 51.5 Å². The van der Waals surface area contributed by atoms with Gasteiger partial charge in [-0.25, -0.2) is 0 Å². The van der Waals surface area contributed by atoms with Gasteiger partial charge in [-0.3, -0.25) is 4.79 Å². The number of amides is 1. The molecule has 3 aromatic carbocycles. The number of nitrogens with one attached hydrogen (secondary N) is 1. The lowest BCUT2D eigenvalue weighted by molar-refractivity contribution is -0.111. The van der Waals surface area contributed by atoms with Crippen molar-refractivity contribution in [2.45, 2.75) is 20.8 Å². The summed E-state index contributed by atoms with van der Waals surface area (Å²) in [5.74, 6) is 0.503. The summed E-state index contributed by atoms with van der Waals surface area (Å²) in [4.78, 5) is 12.6. The molecule has 0 atom stereocenters. The normalized spacial score (nSPS) is 11.6. The van der Waals surface area contributed by atoms with Crippen LogP contribution in [0, 0.1) is 6.92 Å². The molecular weight excluding hydrogens is 466 g/mol. The fraction of sp³-hybridized carbons (Fsp3) is 0.148. The molecule has 1 aromatic heterocycles. The molecule has 32 heavy (non-hydrogen) atoms. The Morgan fingerprint density at radius 3 is 2.50 bits per heavy atom. The first-order chi connectivity index (χ1) is 15.4. The molecular formula is C27H24BrNO3.